The van der Waals surface area contributed by atoms with E-state index in [1.54, 1.807) is 25.1 Å². The zero-order valence-corrected chi connectivity index (χ0v) is 22.8. The molecule has 1 fully saturated rings. The highest BCUT2D eigenvalue weighted by atomic mass is 32.2. The lowest BCUT2D eigenvalue weighted by molar-refractivity contribution is -0.123. The molecule has 0 bridgehead atoms. The summed E-state index contributed by atoms with van der Waals surface area (Å²) in [4.78, 5) is 35.8. The third kappa shape index (κ3) is 5.28. The number of rotatable bonds is 9. The standard InChI is InChI=1S/C26H29N5O5S2/c1-3-18(21(32)25-29-22(30-36-25)16-10-13-37-15-16)28-24(33)19(14-26(2)11-6-7-12-26)27-23-17-8-4-5-9-20(17)38(34,35)31-23/h4-5,8-10,13,15,18-19H,3,6-7,11-12,14H2,1-2H3,(H,27,31)(H,28,33)/t18-,19-/m0/s1. The number of amidine groups is 1. The zero-order chi connectivity index (χ0) is 26.9. The summed E-state index contributed by atoms with van der Waals surface area (Å²) < 4.78 is 32.9. The van der Waals surface area contributed by atoms with Crippen molar-refractivity contribution in [1.82, 2.24) is 20.2 Å². The van der Waals surface area contributed by atoms with Crippen LogP contribution in [0.1, 0.15) is 68.6 Å². The number of carbonyl (C=O) groups excluding carboxylic acids is 2. The fourth-order valence-electron chi connectivity index (χ4n) is 5.08. The minimum absolute atomic E-state index is 0.114. The summed E-state index contributed by atoms with van der Waals surface area (Å²) in [6.07, 6.45) is 4.77. The van der Waals surface area contributed by atoms with Gasteiger partial charge in [-0.05, 0) is 54.7 Å². The van der Waals surface area contributed by atoms with Crippen LogP contribution in [-0.4, -0.2) is 48.2 Å². The highest BCUT2D eigenvalue weighted by Gasteiger charge is 2.38. The molecule has 200 valence electrons. The number of ketones is 1. The second-order valence-corrected chi connectivity index (χ2v) is 12.5. The molecule has 0 radical (unpaired) electrons. The Kier molecular flexibility index (Phi) is 7.19. The maximum Gasteiger partial charge on any atom is 0.296 e. The van der Waals surface area contributed by atoms with Crippen LogP contribution in [0.25, 0.3) is 11.4 Å². The van der Waals surface area contributed by atoms with E-state index in [0.717, 1.165) is 31.2 Å². The topological polar surface area (TPSA) is 144 Å². The lowest BCUT2D eigenvalue weighted by Crippen LogP contribution is -2.46. The summed E-state index contributed by atoms with van der Waals surface area (Å²) in [5.41, 5.74) is 1.06. The van der Waals surface area contributed by atoms with Crippen molar-refractivity contribution in [3.05, 3.63) is 52.5 Å². The first-order valence-corrected chi connectivity index (χ1v) is 15.0. The minimum Gasteiger partial charge on any atom is -0.344 e. The van der Waals surface area contributed by atoms with E-state index in [-0.39, 0.29) is 22.0 Å². The summed E-state index contributed by atoms with van der Waals surface area (Å²) in [7, 11) is -3.76. The molecular formula is C26H29N5O5S2. The third-order valence-electron chi connectivity index (χ3n) is 7.20. The number of hydrogen-bond donors (Lipinski definition) is 2. The normalized spacial score (nSPS) is 20.0. The van der Waals surface area contributed by atoms with Gasteiger partial charge >= 0.3 is 0 Å². The van der Waals surface area contributed by atoms with E-state index in [0.29, 0.717) is 24.2 Å². The minimum atomic E-state index is -3.76. The van der Waals surface area contributed by atoms with Crippen LogP contribution in [0, 0.1) is 5.41 Å². The Morgan fingerprint density at radius 3 is 2.71 bits per heavy atom. The smallest absolute Gasteiger partial charge is 0.296 e. The lowest BCUT2D eigenvalue weighted by Gasteiger charge is -2.28. The van der Waals surface area contributed by atoms with Crippen LogP contribution < -0.4 is 10.0 Å². The first kappa shape index (κ1) is 26.2. The van der Waals surface area contributed by atoms with Crippen LogP contribution in [0.2, 0.25) is 0 Å². The largest absolute Gasteiger partial charge is 0.344 e. The van der Waals surface area contributed by atoms with Gasteiger partial charge in [0, 0.05) is 16.5 Å². The van der Waals surface area contributed by atoms with Crippen LogP contribution in [-0.2, 0) is 14.8 Å². The maximum absolute atomic E-state index is 13.6. The number of amides is 1. The van der Waals surface area contributed by atoms with Gasteiger partial charge in [0.1, 0.15) is 11.9 Å². The average Bonchev–Trinajstić information content (AvgIpc) is 3.70. The molecule has 2 aromatic heterocycles. The molecule has 3 heterocycles. The van der Waals surface area contributed by atoms with Gasteiger partial charge in [0.05, 0.1) is 10.9 Å². The van der Waals surface area contributed by atoms with Crippen molar-refractivity contribution in [2.75, 3.05) is 0 Å². The third-order valence-corrected chi connectivity index (χ3v) is 9.28. The number of Topliss-reactive ketones (excluding diaryl/α,β-unsaturated/α-hetero) is 1. The molecule has 5 rings (SSSR count). The van der Waals surface area contributed by atoms with Crippen molar-refractivity contribution in [1.29, 1.82) is 0 Å². The molecule has 0 spiro atoms. The van der Waals surface area contributed by atoms with Gasteiger partial charge in [-0.2, -0.15) is 16.3 Å². The number of fused-ring (bicyclic) bond motifs is 1. The Bertz CT molecular complexity index is 1470. The first-order chi connectivity index (χ1) is 18.2. The van der Waals surface area contributed by atoms with Crippen LogP contribution in [0.5, 0.6) is 0 Å². The van der Waals surface area contributed by atoms with Crippen molar-refractivity contribution in [2.45, 2.75) is 69.4 Å². The molecular weight excluding hydrogens is 526 g/mol. The van der Waals surface area contributed by atoms with E-state index in [4.69, 9.17) is 4.52 Å². The summed E-state index contributed by atoms with van der Waals surface area (Å²) in [6, 6.07) is 6.57. The van der Waals surface area contributed by atoms with Crippen LogP contribution in [0.4, 0.5) is 0 Å². The first-order valence-electron chi connectivity index (χ1n) is 12.6. The number of hydrogen-bond acceptors (Lipinski definition) is 9. The molecule has 0 saturated heterocycles. The Balaban J connectivity index is 1.40. The molecule has 38 heavy (non-hydrogen) atoms. The molecule has 1 aliphatic heterocycles. The highest BCUT2D eigenvalue weighted by Crippen LogP contribution is 2.42. The van der Waals surface area contributed by atoms with Crippen molar-refractivity contribution >= 4 is 38.9 Å². The number of nitrogens with zero attached hydrogens (tertiary/aromatic N) is 3. The second kappa shape index (κ2) is 10.4. The van der Waals surface area contributed by atoms with Gasteiger partial charge in [0.15, 0.2) is 0 Å². The van der Waals surface area contributed by atoms with Gasteiger partial charge in [0.25, 0.3) is 15.9 Å². The van der Waals surface area contributed by atoms with E-state index in [9.17, 15) is 18.0 Å². The fourth-order valence-corrected chi connectivity index (χ4v) is 6.96. The van der Waals surface area contributed by atoms with Crippen molar-refractivity contribution < 1.29 is 22.5 Å². The molecule has 1 saturated carbocycles. The molecule has 12 heteroatoms. The molecule has 10 nitrogen and oxygen atoms in total. The van der Waals surface area contributed by atoms with Gasteiger partial charge in [-0.1, -0.05) is 44.0 Å². The van der Waals surface area contributed by atoms with Crippen LogP contribution >= 0.6 is 11.3 Å². The van der Waals surface area contributed by atoms with E-state index in [1.807, 2.05) is 16.8 Å². The van der Waals surface area contributed by atoms with Gasteiger partial charge in [-0.15, -0.1) is 0 Å². The number of thiophene rings is 1. The van der Waals surface area contributed by atoms with Gasteiger partial charge < -0.3 is 9.84 Å². The SMILES string of the molecule is CC[C@H](NC(=O)[C@H](CC1(C)CCCC1)N=C1NS(=O)(=O)c2ccccc21)C(=O)c1nc(-c2ccsc2)no1. The van der Waals surface area contributed by atoms with Gasteiger partial charge in [-0.25, -0.2) is 8.42 Å². The highest BCUT2D eigenvalue weighted by molar-refractivity contribution is 7.90. The summed E-state index contributed by atoms with van der Waals surface area (Å²) in [5.74, 6) is -0.672. The van der Waals surface area contributed by atoms with Crippen LogP contribution in [0.15, 0.2) is 55.5 Å². The molecule has 1 amide bonds. The quantitative estimate of drug-likeness (QED) is 0.381. The Morgan fingerprint density at radius 2 is 2.00 bits per heavy atom. The number of carbonyl (C=O) groups is 2. The zero-order valence-electron chi connectivity index (χ0n) is 21.1. The molecule has 2 N–H and O–H groups in total. The average molecular weight is 556 g/mol. The van der Waals surface area contributed by atoms with Crippen molar-refractivity contribution in [3.63, 3.8) is 0 Å². The Hall–Kier alpha value is -3.38. The molecule has 0 unspecified atom stereocenters. The van der Waals surface area contributed by atoms with E-state index in [1.165, 1.54) is 17.4 Å². The van der Waals surface area contributed by atoms with Crippen molar-refractivity contribution in [2.24, 2.45) is 10.4 Å². The predicted octanol–water partition coefficient (Wildman–Crippen LogP) is 3.95. The monoisotopic (exact) mass is 555 g/mol. The maximum atomic E-state index is 13.6. The number of aliphatic imine (C=N–C) groups is 1. The fraction of sp³-hybridized carbons (Fsp3) is 0.423. The number of aromatic nitrogens is 2. The molecule has 2 atom stereocenters. The van der Waals surface area contributed by atoms with Crippen LogP contribution in [0.3, 0.4) is 0 Å². The number of nitrogens with one attached hydrogen (secondary N) is 2. The molecule has 1 aliphatic carbocycles. The van der Waals surface area contributed by atoms with E-state index >= 15 is 0 Å². The van der Waals surface area contributed by atoms with Gasteiger partial charge in [-0.3, -0.25) is 19.3 Å². The van der Waals surface area contributed by atoms with Gasteiger partial charge in [0.2, 0.25) is 17.5 Å². The molecule has 2 aliphatic rings. The molecule has 1 aromatic carbocycles. The Labute approximate surface area is 225 Å². The van der Waals surface area contributed by atoms with Crippen molar-refractivity contribution in [3.8, 4) is 11.4 Å². The second-order valence-electron chi connectivity index (χ2n) is 10.1. The lowest BCUT2D eigenvalue weighted by atomic mass is 9.82. The van der Waals surface area contributed by atoms with E-state index < -0.39 is 33.8 Å². The summed E-state index contributed by atoms with van der Waals surface area (Å²) in [5, 5.41) is 10.4. The van der Waals surface area contributed by atoms with E-state index in [2.05, 4.69) is 32.1 Å². The summed E-state index contributed by atoms with van der Waals surface area (Å²) in [6.45, 7) is 3.90. The molecule has 3 aromatic rings. The summed E-state index contributed by atoms with van der Waals surface area (Å²) >= 11 is 1.48. The predicted molar refractivity (Wildman–Crippen MR) is 142 cm³/mol. The number of benzene rings is 1. The Morgan fingerprint density at radius 1 is 1.24 bits per heavy atom. The number of sulfonamides is 1.